The van der Waals surface area contributed by atoms with Gasteiger partial charge in [0.2, 0.25) is 0 Å². The maximum atomic E-state index is 12.4. The highest BCUT2D eigenvalue weighted by Crippen LogP contribution is 2.30. The van der Waals surface area contributed by atoms with E-state index in [0.29, 0.717) is 10.7 Å². The van der Waals surface area contributed by atoms with E-state index in [0.717, 1.165) is 17.1 Å². The molecule has 17 heavy (non-hydrogen) atoms. The van der Waals surface area contributed by atoms with Crippen molar-refractivity contribution in [3.05, 3.63) is 41.2 Å². The third-order valence-electron chi connectivity index (χ3n) is 2.15. The maximum absolute atomic E-state index is 12.4. The zero-order valence-corrected chi connectivity index (χ0v) is 9.13. The summed E-state index contributed by atoms with van der Waals surface area (Å²) in [4.78, 5) is 0. The first-order valence-electron chi connectivity index (χ1n) is 4.55. The standard InChI is InChI=1S/C10H7ClF3N3/c11-7-1-2-9(8(15)3-7)17-5-6(4-16-17)10(12,13)14/h1-5H,15H2. The summed E-state index contributed by atoms with van der Waals surface area (Å²) in [6, 6.07) is 4.48. The van der Waals surface area contributed by atoms with E-state index in [1.54, 1.807) is 0 Å². The van der Waals surface area contributed by atoms with Crippen LogP contribution in [0.15, 0.2) is 30.6 Å². The largest absolute Gasteiger partial charge is 0.419 e. The fourth-order valence-electron chi connectivity index (χ4n) is 1.33. The zero-order valence-electron chi connectivity index (χ0n) is 8.37. The monoisotopic (exact) mass is 261 g/mol. The molecule has 3 nitrogen and oxygen atoms in total. The predicted octanol–water partition coefficient (Wildman–Crippen LogP) is 3.13. The van der Waals surface area contributed by atoms with Gasteiger partial charge in [0.15, 0.2) is 0 Å². The highest BCUT2D eigenvalue weighted by atomic mass is 35.5. The summed E-state index contributed by atoms with van der Waals surface area (Å²) in [5.41, 5.74) is 5.43. The average molecular weight is 262 g/mol. The first-order valence-corrected chi connectivity index (χ1v) is 4.93. The third-order valence-corrected chi connectivity index (χ3v) is 2.38. The van der Waals surface area contributed by atoms with E-state index in [-0.39, 0.29) is 5.69 Å². The zero-order chi connectivity index (χ0) is 12.6. The Balaban J connectivity index is 2.44. The number of nitrogens with two attached hydrogens (primary N) is 1. The summed E-state index contributed by atoms with van der Waals surface area (Å²) in [5, 5.41) is 4.03. The van der Waals surface area contributed by atoms with E-state index in [9.17, 15) is 13.2 Å². The van der Waals surface area contributed by atoms with Crippen molar-refractivity contribution in [1.29, 1.82) is 0 Å². The lowest BCUT2D eigenvalue weighted by Crippen LogP contribution is -2.03. The number of nitrogen functional groups attached to an aromatic ring is 1. The molecule has 90 valence electrons. The summed E-state index contributed by atoms with van der Waals surface area (Å²) in [5.74, 6) is 0. The molecule has 0 fully saturated rings. The Morgan fingerprint density at radius 3 is 2.53 bits per heavy atom. The van der Waals surface area contributed by atoms with Crippen LogP contribution in [-0.4, -0.2) is 9.78 Å². The molecule has 1 heterocycles. The molecule has 0 bridgehead atoms. The highest BCUT2D eigenvalue weighted by molar-refractivity contribution is 6.30. The molecule has 0 atom stereocenters. The van der Waals surface area contributed by atoms with Gasteiger partial charge in [-0.25, -0.2) is 4.68 Å². The average Bonchev–Trinajstić information content (AvgIpc) is 2.65. The van der Waals surface area contributed by atoms with E-state index in [1.807, 2.05) is 0 Å². The van der Waals surface area contributed by atoms with Crippen LogP contribution >= 0.6 is 11.6 Å². The molecule has 0 spiro atoms. The number of hydrogen-bond donors (Lipinski definition) is 1. The Labute approximate surface area is 99.6 Å². The molecular weight excluding hydrogens is 255 g/mol. The second kappa shape index (κ2) is 3.96. The third kappa shape index (κ3) is 2.36. The molecule has 0 saturated carbocycles. The molecule has 2 rings (SSSR count). The Morgan fingerprint density at radius 1 is 1.29 bits per heavy atom. The van der Waals surface area contributed by atoms with E-state index < -0.39 is 11.7 Å². The lowest BCUT2D eigenvalue weighted by Gasteiger charge is -2.05. The Hall–Kier alpha value is -1.69. The minimum atomic E-state index is -4.42. The molecule has 0 amide bonds. The molecule has 0 radical (unpaired) electrons. The van der Waals surface area contributed by atoms with Crippen molar-refractivity contribution in [2.75, 3.05) is 5.73 Å². The summed E-state index contributed by atoms with van der Waals surface area (Å²) in [6.07, 6.45) is -2.80. The molecule has 0 aliphatic heterocycles. The number of aromatic nitrogens is 2. The van der Waals surface area contributed by atoms with Crippen molar-refractivity contribution in [3.8, 4) is 5.69 Å². The van der Waals surface area contributed by atoms with Crippen LogP contribution < -0.4 is 5.73 Å². The summed E-state index contributed by atoms with van der Waals surface area (Å²) in [7, 11) is 0. The smallest absolute Gasteiger partial charge is 0.397 e. The number of nitrogens with zero attached hydrogens (tertiary/aromatic N) is 2. The van der Waals surface area contributed by atoms with Gasteiger partial charge >= 0.3 is 6.18 Å². The van der Waals surface area contributed by atoms with Gasteiger partial charge in [0, 0.05) is 11.2 Å². The quantitative estimate of drug-likeness (QED) is 0.802. The van der Waals surface area contributed by atoms with E-state index in [1.165, 1.54) is 18.2 Å². The van der Waals surface area contributed by atoms with E-state index in [2.05, 4.69) is 5.10 Å². The van der Waals surface area contributed by atoms with Gasteiger partial charge in [-0.05, 0) is 18.2 Å². The Kier molecular flexibility index (Phi) is 2.74. The highest BCUT2D eigenvalue weighted by Gasteiger charge is 2.32. The molecule has 2 N–H and O–H groups in total. The normalized spacial score (nSPS) is 11.8. The van der Waals surface area contributed by atoms with Crippen molar-refractivity contribution in [2.45, 2.75) is 6.18 Å². The summed E-state index contributed by atoms with van der Waals surface area (Å²) >= 11 is 5.69. The van der Waals surface area contributed by atoms with Crippen molar-refractivity contribution in [2.24, 2.45) is 0 Å². The Morgan fingerprint density at radius 2 is 2.00 bits per heavy atom. The predicted molar refractivity (Wildman–Crippen MR) is 58.0 cm³/mol. The summed E-state index contributed by atoms with van der Waals surface area (Å²) in [6.45, 7) is 0. The molecule has 1 aromatic carbocycles. The van der Waals surface area contributed by atoms with Crippen LogP contribution in [0.4, 0.5) is 18.9 Å². The van der Waals surface area contributed by atoms with Crippen LogP contribution in [0.25, 0.3) is 5.69 Å². The van der Waals surface area contributed by atoms with Gasteiger partial charge < -0.3 is 5.73 Å². The number of alkyl halides is 3. The van der Waals surface area contributed by atoms with Gasteiger partial charge in [-0.1, -0.05) is 11.6 Å². The number of halogens is 4. The fraction of sp³-hybridized carbons (Fsp3) is 0.100. The number of hydrogen-bond acceptors (Lipinski definition) is 2. The lowest BCUT2D eigenvalue weighted by atomic mass is 10.2. The minimum Gasteiger partial charge on any atom is -0.397 e. The van der Waals surface area contributed by atoms with Gasteiger partial charge in [-0.2, -0.15) is 18.3 Å². The number of anilines is 1. The van der Waals surface area contributed by atoms with Crippen LogP contribution in [0.1, 0.15) is 5.56 Å². The molecular formula is C10H7ClF3N3. The van der Waals surface area contributed by atoms with Gasteiger partial charge in [-0.3, -0.25) is 0 Å². The first-order chi connectivity index (χ1) is 7.88. The van der Waals surface area contributed by atoms with Gasteiger partial charge in [0.25, 0.3) is 0 Å². The fourth-order valence-corrected chi connectivity index (χ4v) is 1.52. The number of rotatable bonds is 1. The van der Waals surface area contributed by atoms with Gasteiger partial charge in [-0.15, -0.1) is 0 Å². The van der Waals surface area contributed by atoms with Crippen molar-refractivity contribution in [1.82, 2.24) is 9.78 Å². The van der Waals surface area contributed by atoms with Crippen LogP contribution in [0, 0.1) is 0 Å². The second-order valence-electron chi connectivity index (χ2n) is 3.37. The number of benzene rings is 1. The maximum Gasteiger partial charge on any atom is 0.419 e. The molecule has 0 aliphatic rings. The SMILES string of the molecule is Nc1cc(Cl)ccc1-n1cc(C(F)(F)F)cn1. The lowest BCUT2D eigenvalue weighted by molar-refractivity contribution is -0.137. The summed E-state index contributed by atoms with van der Waals surface area (Å²) < 4.78 is 38.2. The molecule has 7 heteroatoms. The van der Waals surface area contributed by atoms with Crippen LogP contribution in [-0.2, 0) is 6.18 Å². The van der Waals surface area contributed by atoms with Crippen molar-refractivity contribution >= 4 is 17.3 Å². The van der Waals surface area contributed by atoms with E-state index in [4.69, 9.17) is 17.3 Å². The van der Waals surface area contributed by atoms with Gasteiger partial charge in [0.1, 0.15) is 0 Å². The Bertz CT molecular complexity index is 548. The van der Waals surface area contributed by atoms with E-state index >= 15 is 0 Å². The van der Waals surface area contributed by atoms with Crippen LogP contribution in [0.5, 0.6) is 0 Å². The first kappa shape index (κ1) is 11.8. The molecule has 1 aromatic heterocycles. The molecule has 0 aliphatic carbocycles. The topological polar surface area (TPSA) is 43.8 Å². The van der Waals surface area contributed by atoms with Gasteiger partial charge in [0.05, 0.1) is 23.1 Å². The van der Waals surface area contributed by atoms with Crippen LogP contribution in [0.3, 0.4) is 0 Å². The van der Waals surface area contributed by atoms with Crippen LogP contribution in [0.2, 0.25) is 5.02 Å². The minimum absolute atomic E-state index is 0.259. The molecule has 0 unspecified atom stereocenters. The second-order valence-corrected chi connectivity index (χ2v) is 3.81. The van der Waals surface area contributed by atoms with Crippen molar-refractivity contribution in [3.63, 3.8) is 0 Å². The molecule has 0 saturated heterocycles. The molecule has 2 aromatic rings. The van der Waals surface area contributed by atoms with Crippen molar-refractivity contribution < 1.29 is 13.2 Å².